The van der Waals surface area contributed by atoms with Gasteiger partial charge in [-0.3, -0.25) is 24.6 Å². The van der Waals surface area contributed by atoms with E-state index in [9.17, 15) is 24.5 Å². The lowest BCUT2D eigenvalue weighted by atomic mass is 10.1. The van der Waals surface area contributed by atoms with Crippen LogP contribution in [0, 0.1) is 10.1 Å². The zero-order chi connectivity index (χ0) is 21.1. The minimum Gasteiger partial charge on any atom is -0.467 e. The number of esters is 1. The number of nitro benzene ring substituents is 1. The number of hydrogen-bond acceptors (Lipinski definition) is 9. The molecule has 0 bridgehead atoms. The molecule has 29 heavy (non-hydrogen) atoms. The summed E-state index contributed by atoms with van der Waals surface area (Å²) in [7, 11) is 1.17. The van der Waals surface area contributed by atoms with Crippen molar-refractivity contribution in [3.8, 4) is 0 Å². The number of morpholine rings is 1. The van der Waals surface area contributed by atoms with Crippen LogP contribution in [0.25, 0.3) is 6.08 Å². The molecule has 0 aliphatic carbocycles. The number of hydrogen-bond donors (Lipinski definition) is 0. The lowest BCUT2D eigenvalue weighted by molar-refractivity contribution is -0.384. The Labute approximate surface area is 170 Å². The molecule has 10 nitrogen and oxygen atoms in total. The van der Waals surface area contributed by atoms with Gasteiger partial charge in [0.2, 0.25) is 0 Å². The Kier molecular flexibility index (Phi) is 6.18. The quantitative estimate of drug-likeness (QED) is 0.304. The normalized spacial score (nSPS) is 19.6. The molecule has 0 aromatic heterocycles. The van der Waals surface area contributed by atoms with Crippen LogP contribution in [0.2, 0.25) is 0 Å². The molecule has 1 aromatic rings. The predicted octanol–water partition coefficient (Wildman–Crippen LogP) is 2.03. The van der Waals surface area contributed by atoms with E-state index in [4.69, 9.17) is 4.74 Å². The highest BCUT2D eigenvalue weighted by molar-refractivity contribution is 8.18. The average Bonchev–Trinajstić information content (AvgIpc) is 3.00. The lowest BCUT2D eigenvalue weighted by Gasteiger charge is -2.30. The highest BCUT2D eigenvalue weighted by Gasteiger charge is 2.41. The summed E-state index contributed by atoms with van der Waals surface area (Å²) in [5.41, 5.74) is 1.01. The van der Waals surface area contributed by atoms with Gasteiger partial charge in [0.1, 0.15) is 6.04 Å². The van der Waals surface area contributed by atoms with Crippen LogP contribution in [0.4, 0.5) is 16.2 Å². The van der Waals surface area contributed by atoms with Gasteiger partial charge in [-0.05, 0) is 30.8 Å². The number of amides is 2. The molecule has 0 unspecified atom stereocenters. The molecule has 1 aromatic carbocycles. The number of nitrogens with zero attached hydrogens (tertiary/aromatic N) is 3. The number of non-ortho nitro benzene ring substituents is 1. The summed E-state index contributed by atoms with van der Waals surface area (Å²) >= 11 is 0.680. The summed E-state index contributed by atoms with van der Waals surface area (Å²) in [4.78, 5) is 50.4. The number of benzene rings is 1. The Hall–Kier alpha value is -2.92. The van der Waals surface area contributed by atoms with Gasteiger partial charge in [-0.1, -0.05) is 0 Å². The second kappa shape index (κ2) is 8.62. The van der Waals surface area contributed by atoms with Gasteiger partial charge in [-0.2, -0.15) is 0 Å². The molecule has 0 spiro atoms. The van der Waals surface area contributed by atoms with Crippen LogP contribution < -0.4 is 4.90 Å². The number of carbonyl (C=O) groups excluding carboxylic acids is 3. The summed E-state index contributed by atoms with van der Waals surface area (Å²) in [5.74, 6) is -1.35. The second-order valence-electron chi connectivity index (χ2n) is 6.35. The fourth-order valence-corrected chi connectivity index (χ4v) is 3.99. The number of imide groups is 1. The van der Waals surface area contributed by atoms with Gasteiger partial charge < -0.3 is 14.4 Å². The Bertz CT molecular complexity index is 895. The first-order chi connectivity index (χ1) is 13.8. The molecule has 11 heteroatoms. The van der Waals surface area contributed by atoms with Crippen molar-refractivity contribution < 1.29 is 28.8 Å². The topological polar surface area (TPSA) is 119 Å². The smallest absolute Gasteiger partial charge is 0.328 e. The number of nitro groups is 1. The molecule has 3 rings (SSSR count). The van der Waals surface area contributed by atoms with E-state index in [2.05, 4.69) is 4.74 Å². The van der Waals surface area contributed by atoms with E-state index in [1.54, 1.807) is 6.07 Å². The summed E-state index contributed by atoms with van der Waals surface area (Å²) in [6, 6.07) is 3.31. The Morgan fingerprint density at radius 1 is 1.34 bits per heavy atom. The van der Waals surface area contributed by atoms with Crippen LogP contribution in [-0.2, 0) is 19.1 Å². The van der Waals surface area contributed by atoms with E-state index in [0.29, 0.717) is 49.3 Å². The van der Waals surface area contributed by atoms with Gasteiger partial charge >= 0.3 is 5.97 Å². The van der Waals surface area contributed by atoms with E-state index < -0.39 is 28.1 Å². The van der Waals surface area contributed by atoms with Crippen LogP contribution in [0.5, 0.6) is 0 Å². The van der Waals surface area contributed by atoms with Crippen LogP contribution >= 0.6 is 11.8 Å². The third-order valence-corrected chi connectivity index (χ3v) is 5.50. The first-order valence-electron chi connectivity index (χ1n) is 8.79. The summed E-state index contributed by atoms with van der Waals surface area (Å²) in [6.45, 7) is 3.63. The molecule has 154 valence electrons. The molecule has 0 N–H and O–H groups in total. The van der Waals surface area contributed by atoms with E-state index in [0.717, 1.165) is 4.90 Å². The maximum atomic E-state index is 12.7. The molecule has 2 heterocycles. The highest BCUT2D eigenvalue weighted by Crippen LogP contribution is 2.36. The van der Waals surface area contributed by atoms with Crippen LogP contribution in [0.15, 0.2) is 23.1 Å². The fourth-order valence-electron chi connectivity index (χ4n) is 3.09. The van der Waals surface area contributed by atoms with Crippen molar-refractivity contribution in [2.75, 3.05) is 38.3 Å². The average molecular weight is 421 g/mol. The number of rotatable bonds is 5. The van der Waals surface area contributed by atoms with Crippen molar-refractivity contribution in [2.24, 2.45) is 0 Å². The third-order valence-electron chi connectivity index (χ3n) is 4.61. The van der Waals surface area contributed by atoms with Crippen molar-refractivity contribution in [3.05, 3.63) is 38.8 Å². The van der Waals surface area contributed by atoms with Gasteiger partial charge in [-0.15, -0.1) is 0 Å². The Morgan fingerprint density at radius 3 is 2.66 bits per heavy atom. The van der Waals surface area contributed by atoms with Gasteiger partial charge in [0.05, 0.1) is 30.2 Å². The van der Waals surface area contributed by atoms with Gasteiger partial charge in [-0.25, -0.2) is 4.79 Å². The molecule has 2 amide bonds. The number of ether oxygens (including phenoxy) is 2. The number of anilines is 1. The minimum atomic E-state index is -1.07. The zero-order valence-electron chi connectivity index (χ0n) is 15.8. The first kappa shape index (κ1) is 20.8. The molecule has 0 saturated carbocycles. The molecular formula is C18H19N3O7S. The molecule has 2 saturated heterocycles. The van der Waals surface area contributed by atoms with E-state index >= 15 is 0 Å². The van der Waals surface area contributed by atoms with Crippen molar-refractivity contribution in [3.63, 3.8) is 0 Å². The SMILES string of the molecule is COC(=O)[C@H](C)N1C(=O)S/C(=C\c2cc([N+](=O)[O-])ccc2N2CCOCC2)C1=O. The Balaban J connectivity index is 1.98. The van der Waals surface area contributed by atoms with Crippen molar-refractivity contribution >= 4 is 46.3 Å². The van der Waals surface area contributed by atoms with Crippen molar-refractivity contribution in [1.82, 2.24) is 4.90 Å². The lowest BCUT2D eigenvalue weighted by Crippen LogP contribution is -2.42. The van der Waals surface area contributed by atoms with Gasteiger partial charge in [0.15, 0.2) is 0 Å². The number of carbonyl (C=O) groups is 3. The monoisotopic (exact) mass is 421 g/mol. The summed E-state index contributed by atoms with van der Waals surface area (Å²) in [6.07, 6.45) is 1.45. The van der Waals surface area contributed by atoms with Crippen molar-refractivity contribution in [1.29, 1.82) is 0 Å². The number of thioether (sulfide) groups is 1. The Morgan fingerprint density at radius 2 is 2.03 bits per heavy atom. The molecule has 1 atom stereocenters. The molecule has 2 aliphatic rings. The summed E-state index contributed by atoms with van der Waals surface area (Å²) in [5, 5.41) is 10.6. The van der Waals surface area contributed by atoms with E-state index in [1.807, 2.05) is 4.90 Å². The van der Waals surface area contributed by atoms with Gasteiger partial charge in [0.25, 0.3) is 16.8 Å². The number of methoxy groups -OCH3 is 1. The van der Waals surface area contributed by atoms with Crippen LogP contribution in [0.1, 0.15) is 12.5 Å². The maximum absolute atomic E-state index is 12.7. The molecule has 2 aliphatic heterocycles. The second-order valence-corrected chi connectivity index (χ2v) is 7.34. The summed E-state index contributed by atoms with van der Waals surface area (Å²) < 4.78 is 9.95. The first-order valence-corrected chi connectivity index (χ1v) is 9.61. The minimum absolute atomic E-state index is 0.0840. The van der Waals surface area contributed by atoms with Crippen LogP contribution in [0.3, 0.4) is 0 Å². The molecule has 0 radical (unpaired) electrons. The molecular weight excluding hydrogens is 402 g/mol. The fraction of sp³-hybridized carbons (Fsp3) is 0.389. The maximum Gasteiger partial charge on any atom is 0.328 e. The zero-order valence-corrected chi connectivity index (χ0v) is 16.6. The molecule has 2 fully saturated rings. The van der Waals surface area contributed by atoms with Gasteiger partial charge in [0, 0.05) is 36.5 Å². The van der Waals surface area contributed by atoms with E-state index in [-0.39, 0.29) is 10.6 Å². The van der Waals surface area contributed by atoms with Crippen LogP contribution in [-0.4, -0.2) is 66.4 Å². The standard InChI is InChI=1S/C18H19N3O7S/c1-11(17(23)27-2)20-16(22)15(29-18(20)24)10-12-9-13(21(25)26)3-4-14(12)19-5-7-28-8-6-19/h3-4,9-11H,5-8H2,1-2H3/b15-10-/t11-/m0/s1. The largest absolute Gasteiger partial charge is 0.467 e. The van der Waals surface area contributed by atoms with E-state index in [1.165, 1.54) is 32.2 Å². The third kappa shape index (κ3) is 4.25. The highest BCUT2D eigenvalue weighted by atomic mass is 32.2. The van der Waals surface area contributed by atoms with Crippen molar-refractivity contribution in [2.45, 2.75) is 13.0 Å². The predicted molar refractivity (Wildman–Crippen MR) is 105 cm³/mol.